The molecule has 7 rings (SSSR count). The highest BCUT2D eigenvalue weighted by Crippen LogP contribution is 2.36. The van der Waals surface area contributed by atoms with Crippen molar-refractivity contribution in [2.45, 2.75) is 20.8 Å². The number of benzene rings is 4. The Labute approximate surface area is 216 Å². The number of hydrogen-bond acceptors (Lipinski definition) is 1. The van der Waals surface area contributed by atoms with E-state index in [1.807, 2.05) is 12.3 Å². The highest BCUT2D eigenvalue weighted by atomic mass is 15.0. The van der Waals surface area contributed by atoms with E-state index in [2.05, 4.69) is 122 Å². The van der Waals surface area contributed by atoms with E-state index in [-0.39, 0.29) is 0 Å². The maximum Gasteiger partial charge on any atom is 0.220 e. The molecule has 3 heteroatoms. The number of hydrogen-bond donors (Lipinski definition) is 0. The Morgan fingerprint density at radius 2 is 1.51 bits per heavy atom. The molecule has 0 atom stereocenters. The van der Waals surface area contributed by atoms with Crippen molar-refractivity contribution in [2.75, 3.05) is 0 Å². The number of aryl methyl sites for hydroxylation is 3. The van der Waals surface area contributed by atoms with Crippen molar-refractivity contribution in [3.63, 3.8) is 0 Å². The molecular weight excluding hydrogens is 450 g/mol. The lowest BCUT2D eigenvalue weighted by Gasteiger charge is -2.13. The summed E-state index contributed by atoms with van der Waals surface area (Å²) in [6, 6.07) is 30.9. The van der Waals surface area contributed by atoms with E-state index in [9.17, 15) is 0 Å². The van der Waals surface area contributed by atoms with Gasteiger partial charge in [0.15, 0.2) is 6.20 Å². The molecule has 0 radical (unpaired) electrons. The number of para-hydroxylation sites is 1. The van der Waals surface area contributed by atoms with Crippen LogP contribution in [0.1, 0.15) is 16.7 Å². The van der Waals surface area contributed by atoms with Crippen molar-refractivity contribution in [2.24, 2.45) is 7.05 Å². The van der Waals surface area contributed by atoms with Crippen LogP contribution in [-0.2, 0) is 7.05 Å². The molecule has 0 N–H and O–H groups in total. The molecule has 0 saturated carbocycles. The van der Waals surface area contributed by atoms with Crippen LogP contribution in [0.2, 0.25) is 0 Å². The summed E-state index contributed by atoms with van der Waals surface area (Å²) in [6.07, 6.45) is 4.07. The fraction of sp³-hybridized carbons (Fsp3) is 0.118. The molecule has 0 bridgehead atoms. The predicted molar refractivity (Wildman–Crippen MR) is 154 cm³/mol. The van der Waals surface area contributed by atoms with Gasteiger partial charge in [-0.05, 0) is 85.1 Å². The maximum absolute atomic E-state index is 4.76. The summed E-state index contributed by atoms with van der Waals surface area (Å²) in [6.45, 7) is 6.62. The zero-order valence-corrected chi connectivity index (χ0v) is 21.6. The molecule has 4 aromatic carbocycles. The average Bonchev–Trinajstić information content (AvgIpc) is 3.25. The topological polar surface area (TPSA) is 21.7 Å². The Kier molecular flexibility index (Phi) is 4.71. The summed E-state index contributed by atoms with van der Waals surface area (Å²) in [7, 11) is 2.15. The largest absolute Gasteiger partial charge is 0.294 e. The van der Waals surface area contributed by atoms with Crippen molar-refractivity contribution in [1.29, 1.82) is 0 Å². The Balaban J connectivity index is 1.49. The van der Waals surface area contributed by atoms with Gasteiger partial charge >= 0.3 is 0 Å². The third kappa shape index (κ3) is 3.20. The lowest BCUT2D eigenvalue weighted by molar-refractivity contribution is -0.659. The van der Waals surface area contributed by atoms with E-state index < -0.39 is 0 Å². The monoisotopic (exact) mass is 478 g/mol. The maximum atomic E-state index is 4.76. The minimum atomic E-state index is 0.989. The number of pyridine rings is 2. The molecule has 0 fully saturated rings. The Hall–Kier alpha value is -4.50. The molecule has 3 aromatic heterocycles. The fourth-order valence-corrected chi connectivity index (χ4v) is 6.00. The van der Waals surface area contributed by atoms with Gasteiger partial charge in [0.25, 0.3) is 0 Å². The van der Waals surface area contributed by atoms with Gasteiger partial charge in [0.2, 0.25) is 5.69 Å². The van der Waals surface area contributed by atoms with Gasteiger partial charge in [-0.15, -0.1) is 0 Å². The second-order valence-corrected chi connectivity index (χ2v) is 10.2. The van der Waals surface area contributed by atoms with E-state index >= 15 is 0 Å². The minimum absolute atomic E-state index is 0.989. The van der Waals surface area contributed by atoms with Gasteiger partial charge in [0.1, 0.15) is 12.7 Å². The third-order valence-electron chi connectivity index (χ3n) is 7.88. The zero-order chi connectivity index (χ0) is 25.3. The minimum Gasteiger partial charge on any atom is -0.294 e. The molecule has 0 aliphatic heterocycles. The van der Waals surface area contributed by atoms with Gasteiger partial charge in [-0.25, -0.2) is 9.55 Å². The normalized spacial score (nSPS) is 11.8. The van der Waals surface area contributed by atoms with Gasteiger partial charge in [0.05, 0.1) is 16.5 Å². The predicted octanol–water partition coefficient (Wildman–Crippen LogP) is 7.90. The van der Waals surface area contributed by atoms with Crippen LogP contribution in [0.5, 0.6) is 0 Å². The van der Waals surface area contributed by atoms with E-state index in [1.54, 1.807) is 0 Å². The molecule has 0 aliphatic rings. The van der Waals surface area contributed by atoms with Crippen LogP contribution in [-0.4, -0.2) is 9.55 Å². The van der Waals surface area contributed by atoms with Crippen LogP contribution >= 0.6 is 0 Å². The summed E-state index contributed by atoms with van der Waals surface area (Å²) >= 11 is 0. The summed E-state index contributed by atoms with van der Waals surface area (Å²) in [5.74, 6) is 0. The van der Waals surface area contributed by atoms with Crippen molar-refractivity contribution in [1.82, 2.24) is 9.55 Å². The molecule has 0 amide bonds. The second kappa shape index (κ2) is 8.01. The van der Waals surface area contributed by atoms with E-state index in [0.717, 1.165) is 11.3 Å². The van der Waals surface area contributed by atoms with Gasteiger partial charge in [-0.2, -0.15) is 0 Å². The molecule has 0 unspecified atom stereocenters. The van der Waals surface area contributed by atoms with Crippen LogP contribution in [0.3, 0.4) is 0 Å². The van der Waals surface area contributed by atoms with Crippen molar-refractivity contribution < 1.29 is 4.57 Å². The highest BCUT2D eigenvalue weighted by Gasteiger charge is 2.20. The molecule has 37 heavy (non-hydrogen) atoms. The van der Waals surface area contributed by atoms with Crippen molar-refractivity contribution in [3.8, 4) is 16.9 Å². The summed E-state index contributed by atoms with van der Waals surface area (Å²) in [5.41, 5.74) is 9.82. The summed E-state index contributed by atoms with van der Waals surface area (Å²) in [5, 5.41) is 7.44. The van der Waals surface area contributed by atoms with Gasteiger partial charge in [-0.3, -0.25) is 4.57 Å². The first-order valence-corrected chi connectivity index (χ1v) is 12.8. The number of aromatic nitrogens is 3. The van der Waals surface area contributed by atoms with E-state index in [1.165, 1.54) is 65.8 Å². The second-order valence-electron chi connectivity index (χ2n) is 10.2. The van der Waals surface area contributed by atoms with Gasteiger partial charge < -0.3 is 0 Å². The van der Waals surface area contributed by atoms with Crippen molar-refractivity contribution >= 4 is 43.5 Å². The smallest absolute Gasteiger partial charge is 0.220 e. The molecule has 0 aliphatic carbocycles. The molecular formula is C34H28N3+. The quantitative estimate of drug-likeness (QED) is 0.183. The number of fused-ring (bicyclic) bond motifs is 6. The van der Waals surface area contributed by atoms with Gasteiger partial charge in [0, 0.05) is 34.1 Å². The molecule has 7 aromatic rings. The van der Waals surface area contributed by atoms with Crippen molar-refractivity contribution in [3.05, 3.63) is 114 Å². The first-order chi connectivity index (χ1) is 18.0. The lowest BCUT2D eigenvalue weighted by Crippen LogP contribution is -2.30. The fourth-order valence-electron chi connectivity index (χ4n) is 6.00. The van der Waals surface area contributed by atoms with Crippen LogP contribution in [0.15, 0.2) is 97.3 Å². The van der Waals surface area contributed by atoms with Crippen LogP contribution in [0.4, 0.5) is 0 Å². The lowest BCUT2D eigenvalue weighted by atomic mass is 9.93. The number of rotatable bonds is 2. The first kappa shape index (κ1) is 21.8. The van der Waals surface area contributed by atoms with Crippen LogP contribution < -0.4 is 4.57 Å². The standard InChI is InChI=1S/C34H28N3/c1-21-18-22(2)23(3)31(19-21)33-29-13-11-24-20-25(12-14-26(24)27(29)15-17-36(33)4)37-32-10-6-5-8-28(32)30-9-7-16-35-34(30)37/h5-20H,1-4H3/q+1. The molecule has 3 heterocycles. The highest BCUT2D eigenvalue weighted by molar-refractivity contribution is 6.12. The first-order valence-electron chi connectivity index (χ1n) is 12.8. The molecule has 3 nitrogen and oxygen atoms in total. The average molecular weight is 479 g/mol. The SMILES string of the molecule is Cc1cc(C)c(C)c(-c2c3ccc4cc(-n5c6ccccc6c6cccnc65)ccc4c3cc[n+]2C)c1. The van der Waals surface area contributed by atoms with Crippen LogP contribution in [0, 0.1) is 20.8 Å². The molecule has 0 spiro atoms. The Morgan fingerprint density at radius 1 is 0.703 bits per heavy atom. The summed E-state index contributed by atoms with van der Waals surface area (Å²) < 4.78 is 4.54. The van der Waals surface area contributed by atoms with E-state index in [0.29, 0.717) is 0 Å². The molecule has 0 saturated heterocycles. The Bertz CT molecular complexity index is 1970. The zero-order valence-electron chi connectivity index (χ0n) is 21.6. The number of nitrogens with zero attached hydrogens (tertiary/aromatic N) is 3. The van der Waals surface area contributed by atoms with Gasteiger partial charge in [-0.1, -0.05) is 42.0 Å². The summed E-state index contributed by atoms with van der Waals surface area (Å²) in [4.78, 5) is 4.76. The van der Waals surface area contributed by atoms with Crippen LogP contribution in [0.25, 0.3) is 60.4 Å². The third-order valence-corrected chi connectivity index (χ3v) is 7.88. The Morgan fingerprint density at radius 3 is 2.41 bits per heavy atom. The van der Waals surface area contributed by atoms with E-state index in [4.69, 9.17) is 4.98 Å². The molecule has 178 valence electrons.